The van der Waals surface area contributed by atoms with Crippen LogP contribution in [-0.4, -0.2) is 60.1 Å². The number of hydrogen-bond donors (Lipinski definition) is 0. The molecule has 2 heterocycles. The number of nitrogens with zero attached hydrogens (tertiary/aromatic N) is 3. The lowest BCUT2D eigenvalue weighted by atomic mass is 10.1. The van der Waals surface area contributed by atoms with Gasteiger partial charge in [-0.3, -0.25) is 14.5 Å². The third kappa shape index (κ3) is 5.77. The monoisotopic (exact) mass is 485 g/mol. The zero-order valence-corrected chi connectivity index (χ0v) is 21.4. The Bertz CT molecular complexity index is 1270. The minimum absolute atomic E-state index is 0.162. The molecule has 1 aliphatic rings. The van der Waals surface area contributed by atoms with Crippen molar-refractivity contribution >= 4 is 12.0 Å². The largest absolute Gasteiger partial charge is 0.496 e. The van der Waals surface area contributed by atoms with Gasteiger partial charge in [0, 0.05) is 55.7 Å². The van der Waals surface area contributed by atoms with E-state index in [1.165, 1.54) is 5.56 Å². The minimum atomic E-state index is -0.196. The number of ether oxygens (including phenoxy) is 1. The molecule has 1 fully saturated rings. The van der Waals surface area contributed by atoms with Gasteiger partial charge in [-0.15, -0.1) is 0 Å². The number of para-hydroxylation sites is 1. The number of carbonyl (C=O) groups excluding carboxylic acids is 1. The molecule has 36 heavy (non-hydrogen) atoms. The molecule has 3 aromatic rings. The fraction of sp³-hybridized carbons (Fsp3) is 0.333. The molecule has 6 heteroatoms. The van der Waals surface area contributed by atoms with E-state index in [0.717, 1.165) is 42.3 Å². The zero-order valence-electron chi connectivity index (χ0n) is 21.4. The third-order valence-electron chi connectivity index (χ3n) is 6.83. The van der Waals surface area contributed by atoms with Crippen LogP contribution in [0.15, 0.2) is 71.5 Å². The van der Waals surface area contributed by atoms with Gasteiger partial charge in [-0.1, -0.05) is 67.6 Å². The van der Waals surface area contributed by atoms with Crippen LogP contribution in [0.4, 0.5) is 0 Å². The highest BCUT2D eigenvalue weighted by Gasteiger charge is 2.27. The van der Waals surface area contributed by atoms with Gasteiger partial charge in [0.2, 0.25) is 0 Å². The van der Waals surface area contributed by atoms with Crippen LogP contribution in [0.5, 0.6) is 5.75 Å². The lowest BCUT2D eigenvalue weighted by Crippen LogP contribution is -2.49. The van der Waals surface area contributed by atoms with Crippen LogP contribution in [0, 0.1) is 6.92 Å². The van der Waals surface area contributed by atoms with Gasteiger partial charge >= 0.3 is 0 Å². The summed E-state index contributed by atoms with van der Waals surface area (Å²) in [7, 11) is 1.66. The minimum Gasteiger partial charge on any atom is -0.496 e. The number of methoxy groups -OCH3 is 1. The third-order valence-corrected chi connectivity index (χ3v) is 6.83. The Morgan fingerprint density at radius 1 is 1.00 bits per heavy atom. The Kier molecular flexibility index (Phi) is 8.39. The molecular formula is C30H35N3O3. The molecule has 0 spiro atoms. The molecule has 0 radical (unpaired) electrons. The lowest BCUT2D eigenvalue weighted by Gasteiger charge is -2.34. The van der Waals surface area contributed by atoms with Crippen LogP contribution in [0.3, 0.4) is 0 Å². The molecule has 1 aliphatic heterocycles. The molecule has 6 nitrogen and oxygen atoms in total. The van der Waals surface area contributed by atoms with Crippen molar-refractivity contribution in [1.82, 2.24) is 14.4 Å². The Balaban J connectivity index is 1.49. The Morgan fingerprint density at radius 2 is 1.69 bits per heavy atom. The molecular weight excluding hydrogens is 450 g/mol. The second-order valence-electron chi connectivity index (χ2n) is 9.13. The highest BCUT2D eigenvalue weighted by Crippen LogP contribution is 2.22. The van der Waals surface area contributed by atoms with Crippen molar-refractivity contribution in [3.63, 3.8) is 0 Å². The topological polar surface area (TPSA) is 54.8 Å². The van der Waals surface area contributed by atoms with E-state index in [1.54, 1.807) is 13.2 Å². The van der Waals surface area contributed by atoms with E-state index in [2.05, 4.69) is 33.8 Å². The van der Waals surface area contributed by atoms with Crippen molar-refractivity contribution in [1.29, 1.82) is 0 Å². The number of amides is 1. The fourth-order valence-electron chi connectivity index (χ4n) is 4.84. The van der Waals surface area contributed by atoms with Gasteiger partial charge in [0.15, 0.2) is 5.43 Å². The molecule has 1 amide bonds. The van der Waals surface area contributed by atoms with Gasteiger partial charge in [-0.05, 0) is 25.0 Å². The summed E-state index contributed by atoms with van der Waals surface area (Å²) in [6.45, 7) is 8.10. The molecule has 1 aromatic heterocycles. The second-order valence-corrected chi connectivity index (χ2v) is 9.13. The Morgan fingerprint density at radius 3 is 2.39 bits per heavy atom. The molecule has 2 aromatic carbocycles. The second kappa shape index (κ2) is 11.9. The summed E-state index contributed by atoms with van der Waals surface area (Å²) in [5, 5.41) is 0. The lowest BCUT2D eigenvalue weighted by molar-refractivity contribution is 0.0646. The maximum atomic E-state index is 13.6. The van der Waals surface area contributed by atoms with Gasteiger partial charge in [0.25, 0.3) is 5.91 Å². The van der Waals surface area contributed by atoms with Gasteiger partial charge in [0.05, 0.1) is 13.7 Å². The number of benzene rings is 2. The standard InChI is InChI=1S/C30H35N3O3/c1-4-26-29(27(34)21-23(2)33(26)22-25-14-8-9-15-28(25)36-3)30(35)32-19-17-31(18-20-32)16-10-13-24-11-6-5-7-12-24/h5-15,21H,4,16-20,22H2,1-3H3. The van der Waals surface area contributed by atoms with E-state index in [9.17, 15) is 9.59 Å². The van der Waals surface area contributed by atoms with Crippen LogP contribution in [0.1, 0.15) is 39.8 Å². The van der Waals surface area contributed by atoms with E-state index in [-0.39, 0.29) is 11.3 Å². The van der Waals surface area contributed by atoms with Crippen molar-refractivity contribution in [3.05, 3.63) is 105 Å². The van der Waals surface area contributed by atoms with Crippen LogP contribution < -0.4 is 10.2 Å². The first kappa shape index (κ1) is 25.5. The van der Waals surface area contributed by atoms with Crippen molar-refractivity contribution in [2.45, 2.75) is 26.8 Å². The molecule has 0 aliphatic carbocycles. The predicted molar refractivity (Wildman–Crippen MR) is 145 cm³/mol. The molecule has 0 saturated carbocycles. The summed E-state index contributed by atoms with van der Waals surface area (Å²) in [5.41, 5.74) is 3.92. The first-order valence-corrected chi connectivity index (χ1v) is 12.6. The van der Waals surface area contributed by atoms with Gasteiger partial charge in [0.1, 0.15) is 11.3 Å². The first-order valence-electron chi connectivity index (χ1n) is 12.6. The number of aromatic nitrogens is 1. The molecule has 0 N–H and O–H groups in total. The molecule has 188 valence electrons. The van der Waals surface area contributed by atoms with Crippen molar-refractivity contribution < 1.29 is 9.53 Å². The molecule has 1 saturated heterocycles. The summed E-state index contributed by atoms with van der Waals surface area (Å²) in [5.74, 6) is 0.632. The van der Waals surface area contributed by atoms with Gasteiger partial charge < -0.3 is 14.2 Å². The number of aryl methyl sites for hydroxylation is 1. The van der Waals surface area contributed by atoms with Crippen molar-refractivity contribution in [2.75, 3.05) is 39.8 Å². The quantitative estimate of drug-likeness (QED) is 0.479. The summed E-state index contributed by atoms with van der Waals surface area (Å²) in [4.78, 5) is 30.8. The molecule has 4 rings (SSSR count). The highest BCUT2D eigenvalue weighted by atomic mass is 16.5. The number of pyridine rings is 1. The maximum Gasteiger partial charge on any atom is 0.259 e. The summed E-state index contributed by atoms with van der Waals surface area (Å²) < 4.78 is 7.61. The molecule has 0 atom stereocenters. The SMILES string of the molecule is CCc1c(C(=O)N2CCN(CC=Cc3ccccc3)CC2)c(=O)cc(C)n1Cc1ccccc1OC. The Labute approximate surface area is 213 Å². The van der Waals surface area contributed by atoms with Gasteiger partial charge in [-0.25, -0.2) is 0 Å². The van der Waals surface area contributed by atoms with Crippen LogP contribution in [-0.2, 0) is 13.0 Å². The smallest absolute Gasteiger partial charge is 0.259 e. The number of piperazine rings is 1. The van der Waals surface area contributed by atoms with Crippen molar-refractivity contribution in [2.24, 2.45) is 0 Å². The van der Waals surface area contributed by atoms with Crippen LogP contribution in [0.25, 0.3) is 6.08 Å². The molecule has 0 bridgehead atoms. The van der Waals surface area contributed by atoms with E-state index in [0.29, 0.717) is 31.6 Å². The van der Waals surface area contributed by atoms with E-state index < -0.39 is 0 Å². The highest BCUT2D eigenvalue weighted by molar-refractivity contribution is 5.95. The first-order chi connectivity index (χ1) is 17.5. The van der Waals surface area contributed by atoms with E-state index in [4.69, 9.17) is 4.74 Å². The maximum absolute atomic E-state index is 13.6. The number of rotatable bonds is 8. The van der Waals surface area contributed by atoms with Gasteiger partial charge in [-0.2, -0.15) is 0 Å². The Hall–Kier alpha value is -3.64. The molecule has 0 unspecified atom stereocenters. The van der Waals surface area contributed by atoms with E-state index >= 15 is 0 Å². The fourth-order valence-corrected chi connectivity index (χ4v) is 4.84. The average molecular weight is 486 g/mol. The predicted octanol–water partition coefficient (Wildman–Crippen LogP) is 4.25. The average Bonchev–Trinajstić information content (AvgIpc) is 2.91. The number of carbonyl (C=O) groups is 1. The normalized spacial score (nSPS) is 14.4. The number of hydrogen-bond acceptors (Lipinski definition) is 4. The summed E-state index contributed by atoms with van der Waals surface area (Å²) >= 11 is 0. The van der Waals surface area contributed by atoms with Crippen LogP contribution >= 0.6 is 0 Å². The summed E-state index contributed by atoms with van der Waals surface area (Å²) in [6, 6.07) is 19.7. The van der Waals surface area contributed by atoms with Crippen molar-refractivity contribution in [3.8, 4) is 5.75 Å². The zero-order chi connectivity index (χ0) is 25.5. The van der Waals surface area contributed by atoms with E-state index in [1.807, 2.05) is 61.2 Å². The summed E-state index contributed by atoms with van der Waals surface area (Å²) in [6.07, 6.45) is 4.89. The van der Waals surface area contributed by atoms with Crippen LogP contribution in [0.2, 0.25) is 0 Å².